The fourth-order valence-corrected chi connectivity index (χ4v) is 1.29. The summed E-state index contributed by atoms with van der Waals surface area (Å²) in [6.07, 6.45) is 6.55. The fraction of sp³-hybridized carbons (Fsp3) is 0.231. The molecule has 15 heavy (non-hydrogen) atoms. The number of ether oxygens (including phenoxy) is 1. The van der Waals surface area contributed by atoms with Crippen LogP contribution in [0.15, 0.2) is 43.0 Å². The number of hydrogen-bond acceptors (Lipinski definition) is 2. The van der Waals surface area contributed by atoms with Crippen molar-refractivity contribution in [1.82, 2.24) is 0 Å². The van der Waals surface area contributed by atoms with Crippen LogP contribution in [-0.2, 0) is 6.42 Å². The molecule has 0 aromatic heterocycles. The first-order valence-corrected chi connectivity index (χ1v) is 5.01. The van der Waals surface area contributed by atoms with Crippen LogP contribution in [0, 0.1) is 0 Å². The summed E-state index contributed by atoms with van der Waals surface area (Å²) in [5.41, 5.74) is 7.54. The van der Waals surface area contributed by atoms with Gasteiger partial charge in [0.05, 0.1) is 0 Å². The van der Waals surface area contributed by atoms with Gasteiger partial charge in [0.2, 0.25) is 0 Å². The molecule has 2 N–H and O–H groups in total. The van der Waals surface area contributed by atoms with Crippen LogP contribution in [0.4, 0.5) is 5.69 Å². The highest BCUT2D eigenvalue weighted by Crippen LogP contribution is 2.22. The standard InChI is InChI=1S/C13H17NO/c1-3-5-9-15-13-8-7-12(14)10-11(13)6-4-2/h3-5,7-8,10H,2,6,9,14H2,1H3/b5-3+. The van der Waals surface area contributed by atoms with Crippen molar-refractivity contribution in [2.24, 2.45) is 0 Å². The SMILES string of the molecule is C=CCc1cc(N)ccc1OC/C=C/C. The Morgan fingerprint density at radius 1 is 1.47 bits per heavy atom. The van der Waals surface area contributed by atoms with Gasteiger partial charge in [-0.05, 0) is 37.1 Å². The summed E-state index contributed by atoms with van der Waals surface area (Å²) in [5, 5.41) is 0. The quantitative estimate of drug-likeness (QED) is 0.590. The van der Waals surface area contributed by atoms with Crippen LogP contribution in [0.2, 0.25) is 0 Å². The van der Waals surface area contributed by atoms with E-state index in [1.165, 1.54) is 0 Å². The fourth-order valence-electron chi connectivity index (χ4n) is 1.29. The molecule has 0 saturated carbocycles. The third-order valence-corrected chi connectivity index (χ3v) is 2.02. The Hall–Kier alpha value is -1.70. The van der Waals surface area contributed by atoms with E-state index in [4.69, 9.17) is 10.5 Å². The smallest absolute Gasteiger partial charge is 0.123 e. The van der Waals surface area contributed by atoms with Gasteiger partial charge in [0, 0.05) is 5.69 Å². The summed E-state index contributed by atoms with van der Waals surface area (Å²) in [6.45, 7) is 6.27. The molecule has 0 aliphatic rings. The number of rotatable bonds is 5. The van der Waals surface area contributed by atoms with Crippen molar-refractivity contribution in [2.45, 2.75) is 13.3 Å². The maximum absolute atomic E-state index is 5.71. The molecule has 0 fully saturated rings. The third-order valence-electron chi connectivity index (χ3n) is 2.02. The normalized spacial score (nSPS) is 10.5. The molecule has 1 aromatic carbocycles. The molecule has 1 rings (SSSR count). The Morgan fingerprint density at radius 3 is 2.93 bits per heavy atom. The van der Waals surface area contributed by atoms with Crippen molar-refractivity contribution in [3.05, 3.63) is 48.6 Å². The van der Waals surface area contributed by atoms with E-state index in [0.29, 0.717) is 6.61 Å². The number of benzene rings is 1. The lowest BCUT2D eigenvalue weighted by Gasteiger charge is -2.09. The van der Waals surface area contributed by atoms with Gasteiger partial charge in [-0.3, -0.25) is 0 Å². The molecule has 2 heteroatoms. The molecule has 0 unspecified atom stereocenters. The molecule has 0 aliphatic carbocycles. The lowest BCUT2D eigenvalue weighted by atomic mass is 10.1. The summed E-state index contributed by atoms with van der Waals surface area (Å²) >= 11 is 0. The maximum atomic E-state index is 5.71. The Bertz CT molecular complexity index is 356. The molecule has 0 radical (unpaired) electrons. The van der Waals surface area contributed by atoms with Gasteiger partial charge in [0.25, 0.3) is 0 Å². The molecular weight excluding hydrogens is 186 g/mol. The first kappa shape index (κ1) is 11.4. The van der Waals surface area contributed by atoms with E-state index in [2.05, 4.69) is 6.58 Å². The zero-order valence-corrected chi connectivity index (χ0v) is 9.07. The Labute approximate surface area is 91.1 Å². The second kappa shape index (κ2) is 5.91. The van der Waals surface area contributed by atoms with E-state index >= 15 is 0 Å². The molecule has 0 amide bonds. The number of allylic oxidation sites excluding steroid dienone is 2. The summed E-state index contributed by atoms with van der Waals surface area (Å²) in [6, 6.07) is 5.67. The van der Waals surface area contributed by atoms with Crippen molar-refractivity contribution >= 4 is 5.69 Å². The van der Waals surface area contributed by atoms with Crippen LogP contribution in [0.3, 0.4) is 0 Å². The van der Waals surface area contributed by atoms with Gasteiger partial charge >= 0.3 is 0 Å². The monoisotopic (exact) mass is 203 g/mol. The molecule has 2 nitrogen and oxygen atoms in total. The van der Waals surface area contributed by atoms with Gasteiger partial charge < -0.3 is 10.5 Å². The van der Waals surface area contributed by atoms with E-state index < -0.39 is 0 Å². The Morgan fingerprint density at radius 2 is 2.27 bits per heavy atom. The minimum Gasteiger partial charge on any atom is -0.489 e. The van der Waals surface area contributed by atoms with E-state index in [0.717, 1.165) is 23.4 Å². The first-order chi connectivity index (χ1) is 7.27. The van der Waals surface area contributed by atoms with Crippen LogP contribution in [-0.4, -0.2) is 6.61 Å². The van der Waals surface area contributed by atoms with Crippen molar-refractivity contribution in [3.63, 3.8) is 0 Å². The zero-order chi connectivity index (χ0) is 11.1. The van der Waals surface area contributed by atoms with E-state index in [9.17, 15) is 0 Å². The molecule has 0 heterocycles. The molecular formula is C13H17NO. The molecule has 0 atom stereocenters. The summed E-state index contributed by atoms with van der Waals surface area (Å²) in [7, 11) is 0. The zero-order valence-electron chi connectivity index (χ0n) is 9.07. The van der Waals surface area contributed by atoms with Crippen LogP contribution in [0.5, 0.6) is 5.75 Å². The highest BCUT2D eigenvalue weighted by molar-refractivity contribution is 5.48. The number of anilines is 1. The molecule has 80 valence electrons. The molecule has 0 saturated heterocycles. The van der Waals surface area contributed by atoms with E-state index in [1.807, 2.05) is 43.4 Å². The summed E-state index contributed by atoms with van der Waals surface area (Å²) in [4.78, 5) is 0. The maximum Gasteiger partial charge on any atom is 0.123 e. The first-order valence-electron chi connectivity index (χ1n) is 5.01. The third kappa shape index (κ3) is 3.50. The molecule has 0 spiro atoms. The average Bonchev–Trinajstić information content (AvgIpc) is 2.22. The van der Waals surface area contributed by atoms with Crippen molar-refractivity contribution in [2.75, 3.05) is 12.3 Å². The van der Waals surface area contributed by atoms with E-state index in [1.54, 1.807) is 0 Å². The second-order valence-electron chi connectivity index (χ2n) is 3.24. The van der Waals surface area contributed by atoms with Crippen LogP contribution in [0.1, 0.15) is 12.5 Å². The van der Waals surface area contributed by atoms with Gasteiger partial charge in [-0.15, -0.1) is 6.58 Å². The average molecular weight is 203 g/mol. The van der Waals surface area contributed by atoms with Crippen LogP contribution >= 0.6 is 0 Å². The summed E-state index contributed by atoms with van der Waals surface area (Å²) in [5.74, 6) is 0.877. The largest absolute Gasteiger partial charge is 0.489 e. The van der Waals surface area contributed by atoms with Crippen molar-refractivity contribution in [3.8, 4) is 5.75 Å². The predicted molar refractivity (Wildman–Crippen MR) is 65.1 cm³/mol. The minimum atomic E-state index is 0.588. The van der Waals surface area contributed by atoms with Gasteiger partial charge in [-0.1, -0.05) is 18.2 Å². The molecule has 0 aliphatic heterocycles. The molecule has 0 bridgehead atoms. The minimum absolute atomic E-state index is 0.588. The Balaban J connectivity index is 2.80. The lowest BCUT2D eigenvalue weighted by Crippen LogP contribution is -1.98. The van der Waals surface area contributed by atoms with Crippen LogP contribution in [0.25, 0.3) is 0 Å². The highest BCUT2D eigenvalue weighted by atomic mass is 16.5. The van der Waals surface area contributed by atoms with Crippen LogP contribution < -0.4 is 10.5 Å². The van der Waals surface area contributed by atoms with Gasteiger partial charge in [0.15, 0.2) is 0 Å². The predicted octanol–water partition coefficient (Wildman–Crippen LogP) is 2.95. The van der Waals surface area contributed by atoms with Crippen molar-refractivity contribution in [1.29, 1.82) is 0 Å². The van der Waals surface area contributed by atoms with Crippen molar-refractivity contribution < 1.29 is 4.74 Å². The Kier molecular flexibility index (Phi) is 4.48. The number of hydrogen-bond donors (Lipinski definition) is 1. The second-order valence-corrected chi connectivity index (χ2v) is 3.24. The number of nitrogen functional groups attached to an aromatic ring is 1. The summed E-state index contributed by atoms with van der Waals surface area (Å²) < 4.78 is 5.59. The number of nitrogens with two attached hydrogens (primary N) is 1. The molecule has 1 aromatic rings. The topological polar surface area (TPSA) is 35.2 Å². The van der Waals surface area contributed by atoms with E-state index in [-0.39, 0.29) is 0 Å². The highest BCUT2D eigenvalue weighted by Gasteiger charge is 2.01. The van der Waals surface area contributed by atoms with Gasteiger partial charge in [-0.25, -0.2) is 0 Å². The van der Waals surface area contributed by atoms with Gasteiger partial charge in [-0.2, -0.15) is 0 Å². The van der Waals surface area contributed by atoms with Gasteiger partial charge in [0.1, 0.15) is 12.4 Å². The lowest BCUT2D eigenvalue weighted by molar-refractivity contribution is 0.359.